The number of rotatable bonds is 1. The van der Waals surface area contributed by atoms with Crippen molar-refractivity contribution >= 4 is 22.3 Å². The molecule has 2 aromatic rings. The molecular formula is C15H18FN3O. The average molecular weight is 275 g/mol. The van der Waals surface area contributed by atoms with Crippen molar-refractivity contribution in [3.05, 3.63) is 30.2 Å². The first-order valence-electron chi connectivity index (χ1n) is 6.83. The molecule has 1 saturated heterocycles. The zero-order valence-electron chi connectivity index (χ0n) is 11.4. The Kier molecular flexibility index (Phi) is 3.22. The summed E-state index contributed by atoms with van der Waals surface area (Å²) in [6.45, 7) is 3.15. The number of aliphatic hydroxyl groups is 1. The molecule has 0 spiro atoms. The molecule has 2 atom stereocenters. The molecule has 0 radical (unpaired) electrons. The van der Waals surface area contributed by atoms with Gasteiger partial charge in [0.05, 0.1) is 17.3 Å². The molecule has 1 aliphatic rings. The molecule has 106 valence electrons. The smallest absolute Gasteiger partial charge is 0.150 e. The van der Waals surface area contributed by atoms with Crippen LogP contribution in [0, 0.1) is 11.7 Å². The number of fused-ring (bicyclic) bond motifs is 1. The molecule has 2 unspecified atom stereocenters. The molecule has 0 amide bonds. The van der Waals surface area contributed by atoms with E-state index in [2.05, 4.69) is 4.98 Å². The summed E-state index contributed by atoms with van der Waals surface area (Å²) in [6, 6.07) is 4.96. The molecular weight excluding hydrogens is 257 g/mol. The quantitative estimate of drug-likeness (QED) is 0.783. The Hall–Kier alpha value is -1.88. The number of pyridine rings is 1. The number of benzene rings is 1. The van der Waals surface area contributed by atoms with Crippen LogP contribution in [0.4, 0.5) is 15.8 Å². The Morgan fingerprint density at radius 2 is 2.30 bits per heavy atom. The number of piperidine rings is 1. The largest absolute Gasteiger partial charge is 0.398 e. The summed E-state index contributed by atoms with van der Waals surface area (Å²) in [7, 11) is 0. The molecule has 3 N–H and O–H groups in total. The maximum atomic E-state index is 14.3. The van der Waals surface area contributed by atoms with Gasteiger partial charge < -0.3 is 15.7 Å². The lowest BCUT2D eigenvalue weighted by Crippen LogP contribution is -2.43. The first kappa shape index (κ1) is 13.1. The number of nitrogens with two attached hydrogens (primary N) is 1. The van der Waals surface area contributed by atoms with Crippen molar-refractivity contribution in [1.82, 2.24) is 4.98 Å². The lowest BCUT2D eigenvalue weighted by molar-refractivity contribution is 0.103. The maximum absolute atomic E-state index is 14.3. The topological polar surface area (TPSA) is 62.4 Å². The molecule has 3 rings (SSSR count). The van der Waals surface area contributed by atoms with Crippen molar-refractivity contribution in [1.29, 1.82) is 0 Å². The van der Waals surface area contributed by atoms with Gasteiger partial charge in [0.15, 0.2) is 5.82 Å². The highest BCUT2D eigenvalue weighted by atomic mass is 19.1. The van der Waals surface area contributed by atoms with Crippen molar-refractivity contribution in [2.75, 3.05) is 23.7 Å². The number of anilines is 2. The van der Waals surface area contributed by atoms with Crippen LogP contribution in [0.2, 0.25) is 0 Å². The van der Waals surface area contributed by atoms with Crippen LogP contribution in [0.1, 0.15) is 13.3 Å². The van der Waals surface area contributed by atoms with E-state index in [9.17, 15) is 9.50 Å². The highest BCUT2D eigenvalue weighted by molar-refractivity contribution is 5.98. The minimum Gasteiger partial charge on any atom is -0.398 e. The summed E-state index contributed by atoms with van der Waals surface area (Å²) < 4.78 is 14.3. The lowest BCUT2D eigenvalue weighted by atomic mass is 9.95. The highest BCUT2D eigenvalue weighted by Crippen LogP contribution is 2.34. The van der Waals surface area contributed by atoms with E-state index in [1.165, 1.54) is 6.07 Å². The molecule has 0 aliphatic carbocycles. The van der Waals surface area contributed by atoms with Crippen LogP contribution in [-0.4, -0.2) is 29.3 Å². The molecule has 1 aliphatic heterocycles. The molecule has 1 aromatic carbocycles. The third-order valence-electron chi connectivity index (χ3n) is 4.09. The van der Waals surface area contributed by atoms with Crippen molar-refractivity contribution in [2.24, 2.45) is 5.92 Å². The predicted octanol–water partition coefficient (Wildman–Crippen LogP) is 2.16. The third kappa shape index (κ3) is 2.08. The summed E-state index contributed by atoms with van der Waals surface area (Å²) in [5.41, 5.74) is 7.25. The summed E-state index contributed by atoms with van der Waals surface area (Å²) in [5.74, 6) is -0.141. The van der Waals surface area contributed by atoms with Crippen LogP contribution >= 0.6 is 0 Å². The van der Waals surface area contributed by atoms with Gasteiger partial charge in [0, 0.05) is 30.4 Å². The van der Waals surface area contributed by atoms with E-state index < -0.39 is 6.10 Å². The van der Waals surface area contributed by atoms with Gasteiger partial charge in [0.1, 0.15) is 0 Å². The highest BCUT2D eigenvalue weighted by Gasteiger charge is 2.27. The first-order valence-corrected chi connectivity index (χ1v) is 6.83. The van der Waals surface area contributed by atoms with Crippen LogP contribution < -0.4 is 10.6 Å². The fraction of sp³-hybridized carbons (Fsp3) is 0.400. The van der Waals surface area contributed by atoms with E-state index in [1.807, 2.05) is 17.9 Å². The zero-order chi connectivity index (χ0) is 14.3. The second kappa shape index (κ2) is 4.90. The molecule has 20 heavy (non-hydrogen) atoms. The number of hydrogen-bond acceptors (Lipinski definition) is 4. The molecule has 1 aromatic heterocycles. The molecule has 5 heteroatoms. The minimum atomic E-state index is -0.445. The standard InChI is InChI=1S/C15H18FN3O/c1-9-4-6-19(8-13(9)20)15-11(16)7-12(17)10-3-2-5-18-14(10)15/h2-3,5,7,9,13,20H,4,6,8,17H2,1H3. The van der Waals surface area contributed by atoms with E-state index >= 15 is 0 Å². The Morgan fingerprint density at radius 1 is 1.50 bits per heavy atom. The molecule has 1 fully saturated rings. The molecule has 4 nitrogen and oxygen atoms in total. The molecule has 0 saturated carbocycles. The van der Waals surface area contributed by atoms with Crippen molar-refractivity contribution in [2.45, 2.75) is 19.4 Å². The SMILES string of the molecule is CC1CCN(c2c(F)cc(N)c3cccnc23)CC1O. The van der Waals surface area contributed by atoms with E-state index in [0.717, 1.165) is 11.8 Å². The Balaban J connectivity index is 2.11. The van der Waals surface area contributed by atoms with Gasteiger partial charge in [-0.3, -0.25) is 4.98 Å². The van der Waals surface area contributed by atoms with Crippen molar-refractivity contribution < 1.29 is 9.50 Å². The maximum Gasteiger partial charge on any atom is 0.150 e. The van der Waals surface area contributed by atoms with Crippen LogP contribution in [0.5, 0.6) is 0 Å². The van der Waals surface area contributed by atoms with Crippen LogP contribution in [-0.2, 0) is 0 Å². The normalized spacial score (nSPS) is 23.2. The number of β-amino-alcohol motifs (C(OH)–C–C–N with tert-alkyl or cyclic N) is 1. The van der Waals surface area contributed by atoms with E-state index in [4.69, 9.17) is 5.73 Å². The second-order valence-electron chi connectivity index (χ2n) is 5.48. The minimum absolute atomic E-state index is 0.238. The van der Waals surface area contributed by atoms with Gasteiger partial charge >= 0.3 is 0 Å². The lowest BCUT2D eigenvalue weighted by Gasteiger charge is -2.36. The van der Waals surface area contributed by atoms with Gasteiger partial charge in [-0.2, -0.15) is 0 Å². The predicted molar refractivity (Wildman–Crippen MR) is 78.1 cm³/mol. The number of nitrogen functional groups attached to an aromatic ring is 1. The van der Waals surface area contributed by atoms with Crippen LogP contribution in [0.3, 0.4) is 0 Å². The van der Waals surface area contributed by atoms with Crippen molar-refractivity contribution in [3.63, 3.8) is 0 Å². The second-order valence-corrected chi connectivity index (χ2v) is 5.48. The van der Waals surface area contributed by atoms with Gasteiger partial charge in [-0.1, -0.05) is 6.92 Å². The van der Waals surface area contributed by atoms with Gasteiger partial charge in [-0.05, 0) is 30.5 Å². The number of aliphatic hydroxyl groups excluding tert-OH is 1. The van der Waals surface area contributed by atoms with E-state index in [1.54, 1.807) is 12.3 Å². The Labute approximate surface area is 117 Å². The summed E-state index contributed by atoms with van der Waals surface area (Å²) in [6.07, 6.45) is 2.02. The summed E-state index contributed by atoms with van der Waals surface area (Å²) in [5, 5.41) is 10.8. The Morgan fingerprint density at radius 3 is 3.05 bits per heavy atom. The Bertz CT molecular complexity index is 646. The monoisotopic (exact) mass is 275 g/mol. The number of halogens is 1. The summed E-state index contributed by atoms with van der Waals surface area (Å²) >= 11 is 0. The number of nitrogens with zero attached hydrogens (tertiary/aromatic N) is 2. The number of aromatic nitrogens is 1. The first-order chi connectivity index (χ1) is 9.58. The fourth-order valence-corrected chi connectivity index (χ4v) is 2.78. The zero-order valence-corrected chi connectivity index (χ0v) is 11.4. The molecule has 0 bridgehead atoms. The van der Waals surface area contributed by atoms with Crippen molar-refractivity contribution in [3.8, 4) is 0 Å². The van der Waals surface area contributed by atoms with E-state index in [0.29, 0.717) is 30.0 Å². The van der Waals surface area contributed by atoms with Gasteiger partial charge in [0.25, 0.3) is 0 Å². The number of hydrogen-bond donors (Lipinski definition) is 2. The van der Waals surface area contributed by atoms with Gasteiger partial charge in [0.2, 0.25) is 0 Å². The van der Waals surface area contributed by atoms with Gasteiger partial charge in [-0.25, -0.2) is 4.39 Å². The third-order valence-corrected chi connectivity index (χ3v) is 4.09. The fourth-order valence-electron chi connectivity index (χ4n) is 2.78. The van der Waals surface area contributed by atoms with Gasteiger partial charge in [-0.15, -0.1) is 0 Å². The average Bonchev–Trinajstić information content (AvgIpc) is 2.43. The van der Waals surface area contributed by atoms with E-state index in [-0.39, 0.29) is 11.7 Å². The summed E-state index contributed by atoms with van der Waals surface area (Å²) in [4.78, 5) is 6.15. The van der Waals surface area contributed by atoms with Crippen LogP contribution in [0.25, 0.3) is 10.9 Å². The van der Waals surface area contributed by atoms with Crippen LogP contribution in [0.15, 0.2) is 24.4 Å². The molecule has 2 heterocycles.